The number of nitrogens with one attached hydrogen (secondary N) is 2. The summed E-state index contributed by atoms with van der Waals surface area (Å²) < 4.78 is 31.3. The first-order valence-corrected chi connectivity index (χ1v) is 6.99. The van der Waals surface area contributed by atoms with Crippen molar-refractivity contribution in [3.8, 4) is 0 Å². The van der Waals surface area contributed by atoms with E-state index in [0.29, 0.717) is 5.56 Å². The molecule has 1 atom stereocenters. The molecule has 0 fully saturated rings. The lowest BCUT2D eigenvalue weighted by Crippen LogP contribution is -2.42. The van der Waals surface area contributed by atoms with Gasteiger partial charge in [0.15, 0.2) is 0 Å². The van der Waals surface area contributed by atoms with Crippen molar-refractivity contribution in [3.05, 3.63) is 35.9 Å². The highest BCUT2D eigenvalue weighted by Gasteiger charge is 2.20. The molecule has 2 N–H and O–H groups in total. The zero-order chi connectivity index (χ0) is 13.6. The smallest absolute Gasteiger partial charge is 0.421 e. The van der Waals surface area contributed by atoms with Crippen LogP contribution in [-0.4, -0.2) is 27.5 Å². The highest BCUT2D eigenvalue weighted by atomic mass is 35.5. The van der Waals surface area contributed by atoms with Crippen molar-refractivity contribution in [2.45, 2.75) is 6.04 Å². The third-order valence-corrected chi connectivity index (χ3v) is 3.40. The summed E-state index contributed by atoms with van der Waals surface area (Å²) in [4.78, 5) is 10.8. The Hall–Kier alpha value is -1.31. The number of carbonyl (C=O) groups is 1. The number of methoxy groups -OCH3 is 1. The number of rotatable bonds is 5. The van der Waals surface area contributed by atoms with Crippen molar-refractivity contribution in [1.29, 1.82) is 0 Å². The summed E-state index contributed by atoms with van der Waals surface area (Å²) in [7, 11) is -2.94. The topological polar surface area (TPSA) is 84.5 Å². The summed E-state index contributed by atoms with van der Waals surface area (Å²) in [6, 6.07) is 8.15. The maximum absolute atomic E-state index is 11.6. The van der Waals surface area contributed by atoms with Gasteiger partial charge in [0.25, 0.3) is 0 Å². The van der Waals surface area contributed by atoms with Gasteiger partial charge < -0.3 is 4.74 Å². The number of ether oxygens (including phenoxy) is 1. The van der Waals surface area contributed by atoms with Gasteiger partial charge in [-0.15, -0.1) is 11.6 Å². The van der Waals surface area contributed by atoms with Crippen LogP contribution in [0.15, 0.2) is 30.3 Å². The van der Waals surface area contributed by atoms with Crippen molar-refractivity contribution in [3.63, 3.8) is 0 Å². The summed E-state index contributed by atoms with van der Waals surface area (Å²) in [5, 5.41) is 0. The molecule has 0 aliphatic carbocycles. The second-order valence-electron chi connectivity index (χ2n) is 3.33. The minimum Gasteiger partial charge on any atom is -0.452 e. The predicted octanol–water partition coefficient (Wildman–Crippen LogP) is 1.16. The van der Waals surface area contributed by atoms with Gasteiger partial charge >= 0.3 is 16.3 Å². The first-order valence-electron chi connectivity index (χ1n) is 4.97. The number of hydrogen-bond acceptors (Lipinski definition) is 4. The molecular weight excluding hydrogens is 280 g/mol. The lowest BCUT2D eigenvalue weighted by molar-refractivity contribution is 0.177. The summed E-state index contributed by atoms with van der Waals surface area (Å²) in [6.07, 6.45) is -1.07. The van der Waals surface area contributed by atoms with Crippen molar-refractivity contribution >= 4 is 27.9 Å². The van der Waals surface area contributed by atoms with Gasteiger partial charge in [0, 0.05) is 5.88 Å². The molecule has 1 rings (SSSR count). The van der Waals surface area contributed by atoms with Gasteiger partial charge in [0.05, 0.1) is 13.2 Å². The van der Waals surface area contributed by atoms with Crippen molar-refractivity contribution in [2.24, 2.45) is 0 Å². The summed E-state index contributed by atoms with van der Waals surface area (Å²) in [5.74, 6) is 0.0338. The Balaban J connectivity index is 2.78. The summed E-state index contributed by atoms with van der Waals surface area (Å²) in [6.45, 7) is 0. The molecule has 0 aliphatic rings. The molecule has 18 heavy (non-hydrogen) atoms. The van der Waals surface area contributed by atoms with Crippen LogP contribution in [0.4, 0.5) is 4.79 Å². The molecule has 0 aromatic heterocycles. The fraction of sp³-hybridized carbons (Fsp3) is 0.300. The average Bonchev–Trinajstić information content (AvgIpc) is 2.36. The minimum absolute atomic E-state index is 0.0338. The Kier molecular flexibility index (Phi) is 5.39. The van der Waals surface area contributed by atoms with E-state index in [1.807, 2.05) is 0 Å². The quantitative estimate of drug-likeness (QED) is 0.798. The van der Waals surface area contributed by atoms with Gasteiger partial charge in [-0.3, -0.25) is 0 Å². The summed E-state index contributed by atoms with van der Waals surface area (Å²) >= 11 is 5.71. The van der Waals surface area contributed by atoms with E-state index in [1.165, 1.54) is 0 Å². The van der Waals surface area contributed by atoms with E-state index < -0.39 is 22.3 Å². The molecular formula is C10H13ClN2O4S. The minimum atomic E-state index is -4.01. The summed E-state index contributed by atoms with van der Waals surface area (Å²) in [5.41, 5.74) is 0.697. The first kappa shape index (κ1) is 14.7. The molecule has 1 aromatic rings. The lowest BCUT2D eigenvalue weighted by Gasteiger charge is -2.16. The largest absolute Gasteiger partial charge is 0.452 e. The highest BCUT2D eigenvalue weighted by Crippen LogP contribution is 2.14. The molecule has 100 valence electrons. The van der Waals surface area contributed by atoms with E-state index in [1.54, 1.807) is 35.1 Å². The fourth-order valence-electron chi connectivity index (χ4n) is 1.24. The van der Waals surface area contributed by atoms with Crippen LogP contribution in [0.3, 0.4) is 0 Å². The zero-order valence-corrected chi connectivity index (χ0v) is 11.2. The number of amides is 1. The van der Waals surface area contributed by atoms with Gasteiger partial charge in [-0.2, -0.15) is 13.1 Å². The van der Waals surface area contributed by atoms with Crippen molar-refractivity contribution in [2.75, 3.05) is 13.0 Å². The number of alkyl halides is 1. The molecule has 0 aliphatic heterocycles. The monoisotopic (exact) mass is 292 g/mol. The van der Waals surface area contributed by atoms with Crippen LogP contribution in [-0.2, 0) is 14.9 Å². The van der Waals surface area contributed by atoms with Gasteiger partial charge in [-0.05, 0) is 5.56 Å². The normalized spacial score (nSPS) is 12.8. The van der Waals surface area contributed by atoms with E-state index in [4.69, 9.17) is 11.6 Å². The van der Waals surface area contributed by atoms with Crippen molar-refractivity contribution in [1.82, 2.24) is 9.44 Å². The molecule has 1 amide bonds. The van der Waals surface area contributed by atoms with E-state index >= 15 is 0 Å². The number of benzene rings is 1. The number of hydrogen-bond donors (Lipinski definition) is 2. The molecule has 0 spiro atoms. The van der Waals surface area contributed by atoms with Crippen molar-refractivity contribution < 1.29 is 17.9 Å². The van der Waals surface area contributed by atoms with Gasteiger partial charge in [-0.25, -0.2) is 9.52 Å². The number of carbonyl (C=O) groups excluding carboxylic acids is 1. The second kappa shape index (κ2) is 6.58. The standard InChI is InChI=1S/C10H13ClN2O4S/c1-17-10(14)13-18(15,16)12-9(7-11)8-5-3-2-4-6-8/h2-6,9,12H,7H2,1H3,(H,13,14). The molecule has 1 aromatic carbocycles. The molecule has 8 heteroatoms. The third-order valence-electron chi connectivity index (χ3n) is 2.06. The van der Waals surface area contributed by atoms with E-state index in [-0.39, 0.29) is 5.88 Å². The Bertz CT molecular complexity index is 492. The molecule has 6 nitrogen and oxygen atoms in total. The Morgan fingerprint density at radius 1 is 1.39 bits per heavy atom. The Morgan fingerprint density at radius 3 is 2.50 bits per heavy atom. The van der Waals surface area contributed by atoms with Crippen LogP contribution in [0.2, 0.25) is 0 Å². The lowest BCUT2D eigenvalue weighted by atomic mass is 10.1. The molecule has 0 heterocycles. The second-order valence-corrected chi connectivity index (χ2v) is 5.09. The maximum atomic E-state index is 11.6. The first-order chi connectivity index (χ1) is 8.48. The molecule has 0 bridgehead atoms. The van der Waals surface area contributed by atoms with Crippen LogP contribution in [0.5, 0.6) is 0 Å². The van der Waals surface area contributed by atoms with Crippen LogP contribution in [0.1, 0.15) is 11.6 Å². The van der Waals surface area contributed by atoms with Gasteiger partial charge in [0.2, 0.25) is 0 Å². The number of halogens is 1. The Morgan fingerprint density at radius 2 is 2.00 bits per heavy atom. The van der Waals surface area contributed by atoms with Crippen LogP contribution < -0.4 is 9.44 Å². The van der Waals surface area contributed by atoms with Gasteiger partial charge in [-0.1, -0.05) is 30.3 Å². The molecule has 0 saturated carbocycles. The van der Waals surface area contributed by atoms with E-state index in [0.717, 1.165) is 7.11 Å². The van der Waals surface area contributed by atoms with Crippen LogP contribution in [0, 0.1) is 0 Å². The predicted molar refractivity (Wildman–Crippen MR) is 67.5 cm³/mol. The zero-order valence-electron chi connectivity index (χ0n) is 9.59. The maximum Gasteiger partial charge on any atom is 0.421 e. The third kappa shape index (κ3) is 4.52. The molecule has 1 unspecified atom stereocenters. The SMILES string of the molecule is COC(=O)NS(=O)(=O)NC(CCl)c1ccccc1. The van der Waals surface area contributed by atoms with E-state index in [9.17, 15) is 13.2 Å². The molecule has 0 radical (unpaired) electrons. The fourth-order valence-corrected chi connectivity index (χ4v) is 2.54. The van der Waals surface area contributed by atoms with Gasteiger partial charge in [0.1, 0.15) is 0 Å². The van der Waals surface area contributed by atoms with E-state index in [2.05, 4.69) is 9.46 Å². The van der Waals surface area contributed by atoms with Crippen LogP contribution >= 0.6 is 11.6 Å². The molecule has 0 saturated heterocycles. The highest BCUT2D eigenvalue weighted by molar-refractivity contribution is 7.88. The average molecular weight is 293 g/mol. The Labute approximate surface area is 110 Å². The van der Waals surface area contributed by atoms with Crippen LogP contribution in [0.25, 0.3) is 0 Å².